The maximum absolute atomic E-state index is 13.6. The van der Waals surface area contributed by atoms with Crippen molar-refractivity contribution in [2.24, 2.45) is 0 Å². The van der Waals surface area contributed by atoms with Crippen molar-refractivity contribution in [2.75, 3.05) is 13.2 Å². The Labute approximate surface area is 352 Å². The molecule has 2 aliphatic heterocycles. The maximum Gasteiger partial charge on any atom is 0.338 e. The van der Waals surface area contributed by atoms with Gasteiger partial charge in [-0.15, -0.1) is 0 Å². The molecule has 0 spiro atoms. The summed E-state index contributed by atoms with van der Waals surface area (Å²) < 4.78 is 50.6. The zero-order chi connectivity index (χ0) is 39.9. The van der Waals surface area contributed by atoms with Gasteiger partial charge in [-0.05, 0) is 47.0 Å². The Balaban J connectivity index is 1.15. The monoisotopic (exact) mass is 896 g/mol. The predicted octanol–water partition coefficient (Wildman–Crippen LogP) is 8.28. The lowest BCUT2D eigenvalue weighted by atomic mass is 10.00. The number of halogens is 1. The fraction of sp³-hybridized carbons (Fsp3) is 0.277. The normalized spacial score (nSPS) is 24.0. The fourth-order valence-corrected chi connectivity index (χ4v) is 7.62. The largest absolute Gasteiger partial charge is 0.491 e. The van der Waals surface area contributed by atoms with Gasteiger partial charge in [0, 0.05) is 0 Å². The number of carbonyl (C=O) groups excluding carboxylic acids is 2. The average molecular weight is 897 g/mol. The second kappa shape index (κ2) is 21.2. The number of alkyl halides is 1. The van der Waals surface area contributed by atoms with Gasteiger partial charge in [0.2, 0.25) is 0 Å². The number of rotatable bonds is 17. The molecule has 58 heavy (non-hydrogen) atoms. The van der Waals surface area contributed by atoms with E-state index in [1.807, 2.05) is 103 Å². The van der Waals surface area contributed by atoms with Crippen LogP contribution < -0.4 is 0 Å². The first kappa shape index (κ1) is 41.3. The standard InChI is InChI=1S/C47H45IO10/c48-41-44(54-30-35-20-10-3-11-21-35)43(53-29-34-18-8-2-9-19-34)40(31-51-28-33-16-6-1-7-17-33)57-47(41)56-38-26-27-52-39(32-55-45(49)36-22-12-4-13-23-36)42(38)58-46(50)37-24-14-5-15-25-37/h1-27,38-44,47H,28-32H2. The highest BCUT2D eigenvalue weighted by atomic mass is 127. The molecule has 11 heteroatoms. The zero-order valence-electron chi connectivity index (χ0n) is 31.7. The summed E-state index contributed by atoms with van der Waals surface area (Å²) in [5.41, 5.74) is 3.76. The molecule has 300 valence electrons. The van der Waals surface area contributed by atoms with Crippen molar-refractivity contribution in [1.82, 2.24) is 0 Å². The lowest BCUT2D eigenvalue weighted by Gasteiger charge is -2.46. The van der Waals surface area contributed by atoms with Gasteiger partial charge in [0.05, 0.1) is 47.7 Å². The minimum atomic E-state index is -1.03. The van der Waals surface area contributed by atoms with E-state index in [2.05, 4.69) is 22.6 Å². The minimum Gasteiger partial charge on any atom is -0.491 e. The number of esters is 2. The third kappa shape index (κ3) is 11.4. The Morgan fingerprint density at radius 3 is 1.62 bits per heavy atom. The van der Waals surface area contributed by atoms with Crippen LogP contribution in [-0.4, -0.2) is 72.0 Å². The number of hydrogen-bond donors (Lipinski definition) is 0. The van der Waals surface area contributed by atoms with Crippen LogP contribution in [0.5, 0.6) is 0 Å². The minimum absolute atomic E-state index is 0.177. The van der Waals surface area contributed by atoms with Crippen LogP contribution in [0, 0.1) is 0 Å². The molecule has 5 aromatic carbocycles. The summed E-state index contributed by atoms with van der Waals surface area (Å²) in [5, 5.41) is 0. The van der Waals surface area contributed by atoms with Gasteiger partial charge in [-0.1, -0.05) is 150 Å². The van der Waals surface area contributed by atoms with E-state index >= 15 is 0 Å². The number of ether oxygens (including phenoxy) is 8. The van der Waals surface area contributed by atoms with Crippen LogP contribution in [0.2, 0.25) is 0 Å². The van der Waals surface area contributed by atoms with Crippen molar-refractivity contribution >= 4 is 34.5 Å². The van der Waals surface area contributed by atoms with Crippen LogP contribution in [0.15, 0.2) is 164 Å². The summed E-state index contributed by atoms with van der Waals surface area (Å²) >= 11 is 2.30. The van der Waals surface area contributed by atoms with Gasteiger partial charge in [0.1, 0.15) is 31.0 Å². The van der Waals surface area contributed by atoms with Crippen LogP contribution in [-0.2, 0) is 57.7 Å². The summed E-state index contributed by atoms with van der Waals surface area (Å²) in [7, 11) is 0. The van der Waals surface area contributed by atoms with E-state index in [0.717, 1.165) is 16.7 Å². The number of carbonyl (C=O) groups is 2. The molecule has 2 aliphatic rings. The van der Waals surface area contributed by atoms with Crippen molar-refractivity contribution in [3.05, 3.63) is 192 Å². The van der Waals surface area contributed by atoms with Gasteiger partial charge in [0.25, 0.3) is 0 Å². The second-order valence-corrected chi connectivity index (χ2v) is 15.3. The van der Waals surface area contributed by atoms with E-state index in [-0.39, 0.29) is 13.2 Å². The highest BCUT2D eigenvalue weighted by Crippen LogP contribution is 2.35. The van der Waals surface area contributed by atoms with Crippen molar-refractivity contribution in [2.45, 2.75) is 66.7 Å². The second-order valence-electron chi connectivity index (χ2n) is 13.8. The summed E-state index contributed by atoms with van der Waals surface area (Å²) in [5.74, 6) is -1.12. The zero-order valence-corrected chi connectivity index (χ0v) is 33.9. The van der Waals surface area contributed by atoms with Gasteiger partial charge < -0.3 is 37.9 Å². The Morgan fingerprint density at radius 2 is 1.05 bits per heavy atom. The quantitative estimate of drug-likeness (QED) is 0.0515. The highest BCUT2D eigenvalue weighted by molar-refractivity contribution is 14.1. The van der Waals surface area contributed by atoms with Gasteiger partial charge in [-0.2, -0.15) is 0 Å². The summed E-state index contributed by atoms with van der Waals surface area (Å²) in [6.45, 7) is 0.983. The Hall–Kier alpha value is -4.89. The summed E-state index contributed by atoms with van der Waals surface area (Å²) in [4.78, 5) is 26.5. The first-order chi connectivity index (χ1) is 28.5. The molecule has 10 nitrogen and oxygen atoms in total. The van der Waals surface area contributed by atoms with Crippen molar-refractivity contribution in [3.8, 4) is 0 Å². The topological polar surface area (TPSA) is 108 Å². The SMILES string of the molecule is O=C(OCC1OC=CC(OC2OC(COCc3ccccc3)C(OCc3ccccc3)C(OCc3ccccc3)C2I)C1OC(=O)c1ccccc1)c1ccccc1. The molecule has 0 amide bonds. The molecule has 0 N–H and O–H groups in total. The number of hydrogen-bond acceptors (Lipinski definition) is 10. The molecule has 8 atom stereocenters. The first-order valence-corrected chi connectivity index (χ1v) is 20.4. The van der Waals surface area contributed by atoms with E-state index in [0.29, 0.717) is 30.9 Å². The molecule has 1 saturated heterocycles. The summed E-state index contributed by atoms with van der Waals surface area (Å²) in [6, 6.07) is 47.1. The molecular weight excluding hydrogens is 851 g/mol. The summed E-state index contributed by atoms with van der Waals surface area (Å²) in [6.07, 6.45) is -2.24. The Kier molecular flexibility index (Phi) is 15.1. The Bertz CT molecular complexity index is 2020. The molecule has 0 radical (unpaired) electrons. The molecule has 1 fully saturated rings. The van der Waals surface area contributed by atoms with Crippen LogP contribution in [0.1, 0.15) is 37.4 Å². The molecule has 0 saturated carbocycles. The van der Waals surface area contributed by atoms with Gasteiger partial charge in [-0.3, -0.25) is 0 Å². The van der Waals surface area contributed by atoms with Gasteiger partial charge >= 0.3 is 11.9 Å². The molecule has 0 bridgehead atoms. The van der Waals surface area contributed by atoms with Crippen LogP contribution >= 0.6 is 22.6 Å². The third-order valence-electron chi connectivity index (χ3n) is 9.68. The van der Waals surface area contributed by atoms with Gasteiger partial charge in [-0.25, -0.2) is 9.59 Å². The smallest absolute Gasteiger partial charge is 0.338 e. The van der Waals surface area contributed by atoms with Crippen molar-refractivity contribution in [1.29, 1.82) is 0 Å². The fourth-order valence-electron chi connectivity index (χ4n) is 6.66. The molecule has 0 aliphatic carbocycles. The van der Waals surface area contributed by atoms with Crippen LogP contribution in [0.4, 0.5) is 0 Å². The van der Waals surface area contributed by atoms with Gasteiger partial charge in [0.15, 0.2) is 18.5 Å². The highest BCUT2D eigenvalue weighted by Gasteiger charge is 2.49. The lowest BCUT2D eigenvalue weighted by Crippen LogP contribution is -2.60. The number of benzene rings is 5. The van der Waals surface area contributed by atoms with E-state index < -0.39 is 58.8 Å². The predicted molar refractivity (Wildman–Crippen MR) is 224 cm³/mol. The molecule has 5 aromatic rings. The molecule has 8 unspecified atom stereocenters. The van der Waals surface area contributed by atoms with Crippen LogP contribution in [0.25, 0.3) is 0 Å². The molecule has 7 rings (SSSR count). The molecule has 2 heterocycles. The van der Waals surface area contributed by atoms with Crippen molar-refractivity contribution in [3.63, 3.8) is 0 Å². The average Bonchev–Trinajstić information content (AvgIpc) is 3.28. The van der Waals surface area contributed by atoms with E-state index in [4.69, 9.17) is 37.9 Å². The molecule has 0 aromatic heterocycles. The third-order valence-corrected chi connectivity index (χ3v) is 11.0. The van der Waals surface area contributed by atoms with E-state index in [1.54, 1.807) is 54.6 Å². The van der Waals surface area contributed by atoms with Crippen LogP contribution in [0.3, 0.4) is 0 Å². The maximum atomic E-state index is 13.6. The van der Waals surface area contributed by atoms with E-state index in [1.165, 1.54) is 6.26 Å². The first-order valence-electron chi connectivity index (χ1n) is 19.2. The van der Waals surface area contributed by atoms with Crippen molar-refractivity contribution < 1.29 is 47.5 Å². The molecular formula is C47H45IO10. The van der Waals surface area contributed by atoms with E-state index in [9.17, 15) is 9.59 Å². The Morgan fingerprint density at radius 1 is 0.552 bits per heavy atom. The lowest BCUT2D eigenvalue weighted by molar-refractivity contribution is -0.287.